The van der Waals surface area contributed by atoms with Crippen LogP contribution in [0.4, 0.5) is 5.82 Å². The van der Waals surface area contributed by atoms with Crippen LogP contribution in [0.1, 0.15) is 59.4 Å². The summed E-state index contributed by atoms with van der Waals surface area (Å²) in [7, 11) is 0. The lowest BCUT2D eigenvalue weighted by Crippen LogP contribution is -2.42. The number of aryl methyl sites for hydroxylation is 1. The number of nitrogens with one attached hydrogen (secondary N) is 1. The Balaban J connectivity index is 1.59. The number of carbonyl (C=O) groups excluding carboxylic acids is 2. The third kappa shape index (κ3) is 3.86. The van der Waals surface area contributed by atoms with E-state index in [-0.39, 0.29) is 11.8 Å². The monoisotopic (exact) mass is 395 g/mol. The first-order valence-corrected chi connectivity index (χ1v) is 10.4. The van der Waals surface area contributed by atoms with E-state index in [2.05, 4.69) is 24.3 Å². The Kier molecular flexibility index (Phi) is 5.06. The van der Waals surface area contributed by atoms with Crippen molar-refractivity contribution in [3.8, 4) is 5.69 Å². The van der Waals surface area contributed by atoms with Gasteiger partial charge in [0.05, 0.1) is 11.9 Å². The summed E-state index contributed by atoms with van der Waals surface area (Å²) in [6.07, 6.45) is 4.61. The van der Waals surface area contributed by atoms with E-state index in [0.29, 0.717) is 40.5 Å². The van der Waals surface area contributed by atoms with Crippen LogP contribution in [-0.4, -0.2) is 45.6 Å². The fourth-order valence-corrected chi connectivity index (χ4v) is 3.81. The van der Waals surface area contributed by atoms with E-state index in [1.54, 1.807) is 16.8 Å². The quantitative estimate of drug-likeness (QED) is 0.832. The van der Waals surface area contributed by atoms with Crippen molar-refractivity contribution in [2.45, 2.75) is 46.1 Å². The minimum absolute atomic E-state index is 0.0761. The molecule has 154 valence electrons. The molecule has 1 aromatic heterocycles. The first-order chi connectivity index (χ1) is 13.8. The van der Waals surface area contributed by atoms with Crippen molar-refractivity contribution >= 4 is 17.6 Å². The van der Waals surface area contributed by atoms with E-state index in [1.165, 1.54) is 6.20 Å². The molecule has 1 aromatic carbocycles. The molecule has 0 spiro atoms. The minimum atomic E-state index is -0.0906. The molecule has 2 amide bonds. The van der Waals surface area contributed by atoms with Gasteiger partial charge in [-0.3, -0.25) is 9.59 Å². The number of aromatic nitrogens is 2. The van der Waals surface area contributed by atoms with E-state index >= 15 is 0 Å². The van der Waals surface area contributed by atoms with Crippen LogP contribution >= 0.6 is 0 Å². The number of rotatable bonds is 4. The van der Waals surface area contributed by atoms with E-state index in [9.17, 15) is 9.59 Å². The molecule has 4 rings (SSSR count). The van der Waals surface area contributed by atoms with E-state index in [0.717, 1.165) is 37.9 Å². The van der Waals surface area contributed by atoms with Gasteiger partial charge in [0.2, 0.25) is 0 Å². The normalized spacial score (nSPS) is 21.8. The third-order valence-electron chi connectivity index (χ3n) is 6.27. The zero-order valence-corrected chi connectivity index (χ0v) is 17.3. The molecule has 2 unspecified atom stereocenters. The van der Waals surface area contributed by atoms with E-state index in [4.69, 9.17) is 5.73 Å². The van der Waals surface area contributed by atoms with Gasteiger partial charge in [0, 0.05) is 24.7 Å². The zero-order chi connectivity index (χ0) is 20.7. The van der Waals surface area contributed by atoms with Gasteiger partial charge in [-0.1, -0.05) is 19.9 Å². The Morgan fingerprint density at radius 3 is 2.62 bits per heavy atom. The van der Waals surface area contributed by atoms with Gasteiger partial charge in [0.25, 0.3) is 11.8 Å². The standard InChI is InChI=1S/C22H29N5O2/c1-13-8-9-26(12-15(13)3)22(29)18-11-24-27(20(18)23)19-10-16(5-4-14(19)2)21(28)25-17-6-7-17/h4-5,10-11,13,15,17H,6-9,12,23H2,1-3H3,(H,25,28). The molecule has 2 aromatic rings. The maximum absolute atomic E-state index is 13.0. The first kappa shape index (κ1) is 19.5. The second kappa shape index (κ2) is 7.54. The lowest BCUT2D eigenvalue weighted by atomic mass is 9.88. The molecule has 1 aliphatic heterocycles. The summed E-state index contributed by atoms with van der Waals surface area (Å²) < 4.78 is 1.56. The Labute approximate surface area is 171 Å². The smallest absolute Gasteiger partial charge is 0.259 e. The fraction of sp³-hybridized carbons (Fsp3) is 0.500. The second-order valence-corrected chi connectivity index (χ2v) is 8.60. The van der Waals surface area contributed by atoms with Crippen molar-refractivity contribution in [1.29, 1.82) is 0 Å². The molecule has 0 radical (unpaired) electrons. The van der Waals surface area contributed by atoms with Gasteiger partial charge in [-0.15, -0.1) is 0 Å². The minimum Gasteiger partial charge on any atom is -0.383 e. The van der Waals surface area contributed by atoms with Gasteiger partial charge in [0.15, 0.2) is 0 Å². The first-order valence-electron chi connectivity index (χ1n) is 10.4. The SMILES string of the molecule is Cc1ccc(C(=O)NC2CC2)cc1-n1ncc(C(=O)N2CCC(C)C(C)C2)c1N. The van der Waals surface area contributed by atoms with Gasteiger partial charge >= 0.3 is 0 Å². The largest absolute Gasteiger partial charge is 0.383 e. The molecule has 1 aliphatic carbocycles. The van der Waals surface area contributed by atoms with E-state index in [1.807, 2.05) is 17.9 Å². The number of piperidine rings is 1. The predicted molar refractivity (Wildman–Crippen MR) is 112 cm³/mol. The van der Waals surface area contributed by atoms with Crippen LogP contribution in [0.3, 0.4) is 0 Å². The maximum Gasteiger partial charge on any atom is 0.259 e. The predicted octanol–water partition coefficient (Wildman–Crippen LogP) is 2.77. The molecule has 2 heterocycles. The molecule has 2 aliphatic rings. The topological polar surface area (TPSA) is 93.2 Å². The average Bonchev–Trinajstić information content (AvgIpc) is 3.43. The molecular weight excluding hydrogens is 366 g/mol. The molecular formula is C22H29N5O2. The lowest BCUT2D eigenvalue weighted by Gasteiger charge is -2.35. The molecule has 7 nitrogen and oxygen atoms in total. The molecule has 1 saturated heterocycles. The van der Waals surface area contributed by atoms with Crippen molar-refractivity contribution in [2.24, 2.45) is 11.8 Å². The number of amides is 2. The van der Waals surface area contributed by atoms with Crippen molar-refractivity contribution in [2.75, 3.05) is 18.8 Å². The summed E-state index contributed by atoms with van der Waals surface area (Å²) >= 11 is 0. The van der Waals surface area contributed by atoms with Crippen molar-refractivity contribution in [3.05, 3.63) is 41.1 Å². The second-order valence-electron chi connectivity index (χ2n) is 8.60. The number of benzene rings is 1. The van der Waals surface area contributed by atoms with Crippen LogP contribution in [0.25, 0.3) is 5.69 Å². The summed E-state index contributed by atoms with van der Waals surface area (Å²) in [5.41, 5.74) is 8.97. The van der Waals surface area contributed by atoms with Crippen LogP contribution in [0.2, 0.25) is 0 Å². The van der Waals surface area contributed by atoms with Crippen molar-refractivity contribution in [1.82, 2.24) is 20.0 Å². The molecule has 29 heavy (non-hydrogen) atoms. The molecule has 7 heteroatoms. The summed E-state index contributed by atoms with van der Waals surface area (Å²) in [6.45, 7) is 7.83. The highest BCUT2D eigenvalue weighted by Crippen LogP contribution is 2.27. The number of anilines is 1. The Morgan fingerprint density at radius 1 is 1.17 bits per heavy atom. The van der Waals surface area contributed by atoms with Crippen LogP contribution < -0.4 is 11.1 Å². The van der Waals surface area contributed by atoms with E-state index < -0.39 is 0 Å². The van der Waals surface area contributed by atoms with Gasteiger partial charge < -0.3 is 16.0 Å². The number of nitrogens with two attached hydrogens (primary N) is 1. The number of hydrogen-bond donors (Lipinski definition) is 2. The summed E-state index contributed by atoms with van der Waals surface area (Å²) in [5.74, 6) is 1.23. The zero-order valence-electron chi connectivity index (χ0n) is 17.3. The summed E-state index contributed by atoms with van der Waals surface area (Å²) in [4.78, 5) is 27.3. The Morgan fingerprint density at radius 2 is 1.93 bits per heavy atom. The number of nitrogen functional groups attached to an aromatic ring is 1. The van der Waals surface area contributed by atoms with Crippen LogP contribution in [0, 0.1) is 18.8 Å². The highest BCUT2D eigenvalue weighted by molar-refractivity contribution is 5.99. The summed E-state index contributed by atoms with van der Waals surface area (Å²) in [6, 6.07) is 5.77. The summed E-state index contributed by atoms with van der Waals surface area (Å²) in [5, 5.41) is 7.38. The van der Waals surface area contributed by atoms with Gasteiger partial charge in [-0.2, -0.15) is 5.10 Å². The van der Waals surface area contributed by atoms with Crippen molar-refractivity contribution < 1.29 is 9.59 Å². The molecule has 2 atom stereocenters. The lowest BCUT2D eigenvalue weighted by molar-refractivity contribution is 0.0628. The number of carbonyl (C=O) groups is 2. The highest BCUT2D eigenvalue weighted by Gasteiger charge is 2.29. The highest BCUT2D eigenvalue weighted by atomic mass is 16.2. The molecule has 2 fully saturated rings. The molecule has 3 N–H and O–H groups in total. The number of hydrogen-bond acceptors (Lipinski definition) is 4. The van der Waals surface area contributed by atoms with Crippen LogP contribution in [-0.2, 0) is 0 Å². The number of nitrogens with zero attached hydrogens (tertiary/aromatic N) is 3. The van der Waals surface area contributed by atoms with Crippen molar-refractivity contribution in [3.63, 3.8) is 0 Å². The molecule has 0 bridgehead atoms. The molecule has 1 saturated carbocycles. The van der Waals surface area contributed by atoms with Crippen LogP contribution in [0.15, 0.2) is 24.4 Å². The Bertz CT molecular complexity index is 947. The Hall–Kier alpha value is -2.83. The number of likely N-dealkylation sites (tertiary alicyclic amines) is 1. The van der Waals surface area contributed by atoms with Gasteiger partial charge in [-0.25, -0.2) is 4.68 Å². The van der Waals surface area contributed by atoms with Gasteiger partial charge in [-0.05, 0) is 55.7 Å². The fourth-order valence-electron chi connectivity index (χ4n) is 3.81. The van der Waals surface area contributed by atoms with Gasteiger partial charge in [0.1, 0.15) is 11.4 Å². The maximum atomic E-state index is 13.0. The third-order valence-corrected chi connectivity index (χ3v) is 6.27. The average molecular weight is 396 g/mol. The van der Waals surface area contributed by atoms with Crippen LogP contribution in [0.5, 0.6) is 0 Å².